The number of hydrogen-bond acceptors (Lipinski definition) is 2. The molecular formula is C14H16ClN3O2. The summed E-state index contributed by atoms with van der Waals surface area (Å²) in [7, 11) is 0. The number of H-pyrrole nitrogens is 1. The highest BCUT2D eigenvalue weighted by atomic mass is 35.5. The van der Waals surface area contributed by atoms with Gasteiger partial charge in [0.25, 0.3) is 0 Å². The minimum Gasteiger partial charge on any atom is -0.506 e. The molecule has 106 valence electrons. The third-order valence-corrected chi connectivity index (χ3v) is 4.06. The average molecular weight is 294 g/mol. The zero-order chi connectivity index (χ0) is 14.3. The summed E-state index contributed by atoms with van der Waals surface area (Å²) in [5.41, 5.74) is 1.68. The minimum atomic E-state index is -0.0386. The number of carbonyl (C=O) groups excluding carboxylic acids is 1. The van der Waals surface area contributed by atoms with E-state index in [1.807, 2.05) is 17.9 Å². The molecule has 1 atom stereocenters. The Morgan fingerprint density at radius 2 is 2.35 bits per heavy atom. The number of carbonyl (C=O) groups is 1. The molecule has 1 aliphatic rings. The molecule has 0 bridgehead atoms. The van der Waals surface area contributed by atoms with Gasteiger partial charge in [0, 0.05) is 35.2 Å². The predicted molar refractivity (Wildman–Crippen MR) is 78.0 cm³/mol. The number of nitrogens with zero attached hydrogens (tertiary/aromatic N) is 1. The standard InChI is InChI=1S/C14H16ClN3O2/c1-8-2-3-18(8)14(20)16-7-10-4-9-5-11(15)13(19)6-12(9)17-10/h4-6,8,17,19H,2-3,7H2,1H3,(H,16,20)/t8-/m1/s1. The molecule has 3 rings (SSSR count). The SMILES string of the molecule is C[C@@H]1CCN1C(=O)NCc1cc2cc(Cl)c(O)cc2[nH]1. The molecule has 1 saturated heterocycles. The summed E-state index contributed by atoms with van der Waals surface area (Å²) in [6.07, 6.45) is 1.07. The molecule has 0 saturated carbocycles. The second-order valence-corrected chi connectivity index (χ2v) is 5.58. The summed E-state index contributed by atoms with van der Waals surface area (Å²) >= 11 is 5.87. The van der Waals surface area contributed by atoms with E-state index in [0.717, 1.165) is 29.6 Å². The Bertz CT molecular complexity index is 629. The van der Waals surface area contributed by atoms with Crippen molar-refractivity contribution in [2.24, 2.45) is 0 Å². The van der Waals surface area contributed by atoms with Crippen LogP contribution in [0, 0.1) is 0 Å². The van der Waals surface area contributed by atoms with E-state index in [1.165, 1.54) is 0 Å². The van der Waals surface area contributed by atoms with E-state index < -0.39 is 0 Å². The van der Waals surface area contributed by atoms with Crippen molar-refractivity contribution in [3.63, 3.8) is 0 Å². The summed E-state index contributed by atoms with van der Waals surface area (Å²) in [4.78, 5) is 16.8. The molecule has 1 aromatic carbocycles. The van der Waals surface area contributed by atoms with Gasteiger partial charge in [-0.1, -0.05) is 11.6 Å². The third kappa shape index (κ3) is 2.29. The lowest BCUT2D eigenvalue weighted by Crippen LogP contribution is -2.53. The van der Waals surface area contributed by atoms with Gasteiger partial charge in [0.05, 0.1) is 11.6 Å². The van der Waals surface area contributed by atoms with Crippen molar-refractivity contribution >= 4 is 28.5 Å². The van der Waals surface area contributed by atoms with Gasteiger partial charge < -0.3 is 20.3 Å². The maximum Gasteiger partial charge on any atom is 0.317 e. The van der Waals surface area contributed by atoms with Gasteiger partial charge in [0.15, 0.2) is 0 Å². The number of likely N-dealkylation sites (tertiary alicyclic amines) is 1. The molecule has 0 aliphatic carbocycles. The van der Waals surface area contributed by atoms with Gasteiger partial charge in [0.1, 0.15) is 5.75 Å². The normalized spacial score (nSPS) is 18.1. The molecule has 3 N–H and O–H groups in total. The fourth-order valence-corrected chi connectivity index (χ4v) is 2.56. The van der Waals surface area contributed by atoms with Crippen molar-refractivity contribution in [3.8, 4) is 5.75 Å². The first-order valence-electron chi connectivity index (χ1n) is 6.59. The molecule has 1 aromatic heterocycles. The number of halogens is 1. The maximum absolute atomic E-state index is 11.9. The number of phenolic OH excluding ortho intramolecular Hbond substituents is 1. The quantitative estimate of drug-likeness (QED) is 0.797. The number of benzene rings is 1. The number of rotatable bonds is 2. The fraction of sp³-hybridized carbons (Fsp3) is 0.357. The zero-order valence-corrected chi connectivity index (χ0v) is 11.9. The third-order valence-electron chi connectivity index (χ3n) is 3.75. The highest BCUT2D eigenvalue weighted by Gasteiger charge is 2.27. The van der Waals surface area contributed by atoms with Gasteiger partial charge in [-0.05, 0) is 25.5 Å². The van der Waals surface area contributed by atoms with Crippen LogP contribution >= 0.6 is 11.6 Å². The molecule has 1 aliphatic heterocycles. The van der Waals surface area contributed by atoms with Crippen molar-refractivity contribution in [2.45, 2.75) is 25.9 Å². The van der Waals surface area contributed by atoms with E-state index in [4.69, 9.17) is 11.6 Å². The lowest BCUT2D eigenvalue weighted by Gasteiger charge is -2.38. The number of nitrogens with one attached hydrogen (secondary N) is 2. The summed E-state index contributed by atoms with van der Waals surface area (Å²) in [6.45, 7) is 3.29. The zero-order valence-electron chi connectivity index (χ0n) is 11.1. The molecule has 6 heteroatoms. The van der Waals surface area contributed by atoms with Crippen LogP contribution in [0.4, 0.5) is 4.79 Å². The van der Waals surface area contributed by atoms with Crippen LogP contribution in [0.1, 0.15) is 19.0 Å². The van der Waals surface area contributed by atoms with Crippen LogP contribution < -0.4 is 5.32 Å². The molecule has 0 radical (unpaired) electrons. The number of amides is 2. The number of aromatic amines is 1. The Balaban J connectivity index is 1.70. The average Bonchev–Trinajstić information content (AvgIpc) is 2.77. The first kappa shape index (κ1) is 13.1. The molecule has 0 spiro atoms. The molecule has 2 heterocycles. The van der Waals surface area contributed by atoms with E-state index in [1.54, 1.807) is 12.1 Å². The van der Waals surface area contributed by atoms with Gasteiger partial charge >= 0.3 is 6.03 Å². The number of urea groups is 1. The first-order chi connectivity index (χ1) is 9.54. The molecular weight excluding hydrogens is 278 g/mol. The van der Waals surface area contributed by atoms with Crippen LogP contribution in [0.5, 0.6) is 5.75 Å². The molecule has 2 aromatic rings. The molecule has 20 heavy (non-hydrogen) atoms. The number of hydrogen-bond donors (Lipinski definition) is 3. The van der Waals surface area contributed by atoms with Crippen molar-refractivity contribution < 1.29 is 9.90 Å². The second-order valence-electron chi connectivity index (χ2n) is 5.18. The van der Waals surface area contributed by atoms with Crippen LogP contribution in [0.3, 0.4) is 0 Å². The van der Waals surface area contributed by atoms with Crippen LogP contribution in [-0.2, 0) is 6.54 Å². The van der Waals surface area contributed by atoms with E-state index in [0.29, 0.717) is 17.6 Å². The van der Waals surface area contributed by atoms with Gasteiger partial charge in [-0.15, -0.1) is 0 Å². The summed E-state index contributed by atoms with van der Waals surface area (Å²) in [6, 6.07) is 5.49. The van der Waals surface area contributed by atoms with E-state index in [-0.39, 0.29) is 11.8 Å². The van der Waals surface area contributed by atoms with Crippen LogP contribution in [-0.4, -0.2) is 33.6 Å². The maximum atomic E-state index is 11.9. The molecule has 1 fully saturated rings. The Morgan fingerprint density at radius 1 is 1.55 bits per heavy atom. The lowest BCUT2D eigenvalue weighted by atomic mass is 10.1. The minimum absolute atomic E-state index is 0.0386. The number of aromatic nitrogens is 1. The smallest absolute Gasteiger partial charge is 0.317 e. The number of aromatic hydroxyl groups is 1. The van der Waals surface area contributed by atoms with Crippen molar-refractivity contribution in [2.75, 3.05) is 6.54 Å². The topological polar surface area (TPSA) is 68.4 Å². The number of phenols is 1. The summed E-state index contributed by atoms with van der Waals surface area (Å²) in [5, 5.41) is 13.7. The largest absolute Gasteiger partial charge is 0.506 e. The monoisotopic (exact) mass is 293 g/mol. The van der Waals surface area contributed by atoms with E-state index in [2.05, 4.69) is 10.3 Å². The second kappa shape index (κ2) is 4.90. The van der Waals surface area contributed by atoms with Gasteiger partial charge in [-0.2, -0.15) is 0 Å². The van der Waals surface area contributed by atoms with E-state index >= 15 is 0 Å². The Labute approximate surface area is 121 Å². The summed E-state index contributed by atoms with van der Waals surface area (Å²) in [5.74, 6) is 0.0472. The van der Waals surface area contributed by atoms with Crippen LogP contribution in [0.15, 0.2) is 18.2 Å². The van der Waals surface area contributed by atoms with Crippen molar-refractivity contribution in [1.29, 1.82) is 0 Å². The van der Waals surface area contributed by atoms with E-state index in [9.17, 15) is 9.90 Å². The fourth-order valence-electron chi connectivity index (χ4n) is 2.39. The van der Waals surface area contributed by atoms with Gasteiger partial charge in [-0.25, -0.2) is 4.79 Å². The highest BCUT2D eigenvalue weighted by Crippen LogP contribution is 2.29. The summed E-state index contributed by atoms with van der Waals surface area (Å²) < 4.78 is 0. The first-order valence-corrected chi connectivity index (χ1v) is 6.97. The van der Waals surface area contributed by atoms with Gasteiger partial charge in [-0.3, -0.25) is 0 Å². The van der Waals surface area contributed by atoms with Crippen molar-refractivity contribution in [1.82, 2.24) is 15.2 Å². The van der Waals surface area contributed by atoms with Crippen molar-refractivity contribution in [3.05, 3.63) is 28.9 Å². The lowest BCUT2D eigenvalue weighted by molar-refractivity contribution is 0.124. The Kier molecular flexibility index (Phi) is 3.22. The van der Waals surface area contributed by atoms with Gasteiger partial charge in [0.2, 0.25) is 0 Å². The van der Waals surface area contributed by atoms with Crippen LogP contribution in [0.2, 0.25) is 5.02 Å². The highest BCUT2D eigenvalue weighted by molar-refractivity contribution is 6.32. The molecule has 5 nitrogen and oxygen atoms in total. The predicted octanol–water partition coefficient (Wildman–Crippen LogP) is 2.83. The molecule has 0 unspecified atom stereocenters. The number of fused-ring (bicyclic) bond motifs is 1. The Morgan fingerprint density at radius 3 is 3.00 bits per heavy atom. The molecule has 2 amide bonds. The van der Waals surface area contributed by atoms with Crippen LogP contribution in [0.25, 0.3) is 10.9 Å². The Hall–Kier alpha value is -1.88.